The Hall–Kier alpha value is -2.71. The lowest BCUT2D eigenvalue weighted by Crippen LogP contribution is -2.19. The third-order valence-electron chi connectivity index (χ3n) is 3.04. The highest BCUT2D eigenvalue weighted by Crippen LogP contribution is 2.22. The Bertz CT molecular complexity index is 670. The van der Waals surface area contributed by atoms with Crippen molar-refractivity contribution < 1.29 is 40.6 Å². The second kappa shape index (κ2) is 7.67. The number of ether oxygens (including phenoxy) is 2. The van der Waals surface area contributed by atoms with E-state index >= 15 is 0 Å². The van der Waals surface area contributed by atoms with E-state index in [1.807, 2.05) is 0 Å². The molecule has 0 amide bonds. The van der Waals surface area contributed by atoms with Crippen LogP contribution in [0.15, 0.2) is 48.5 Å². The molecule has 0 atom stereocenters. The molecule has 0 N–H and O–H groups in total. The quantitative estimate of drug-likeness (QED) is 0.535. The number of rotatable bonds is 6. The molecule has 0 aliphatic heterocycles. The third-order valence-corrected chi connectivity index (χ3v) is 3.04. The summed E-state index contributed by atoms with van der Waals surface area (Å²) in [6.07, 6.45) is -8.94. The third kappa shape index (κ3) is 6.30. The van der Waals surface area contributed by atoms with Gasteiger partial charge in [0.2, 0.25) is 0 Å². The summed E-state index contributed by atoms with van der Waals surface area (Å²) in [6, 6.07) is 10.1. The molecule has 0 bridgehead atoms. The van der Waals surface area contributed by atoms with Crippen molar-refractivity contribution in [1.29, 1.82) is 0 Å². The maximum Gasteiger partial charge on any atom is 0.422 e. The van der Waals surface area contributed by atoms with Gasteiger partial charge in [-0.15, -0.1) is 0 Å². The van der Waals surface area contributed by atoms with Crippen molar-refractivity contribution in [2.75, 3.05) is 13.2 Å². The van der Waals surface area contributed by atoms with Crippen LogP contribution in [0.25, 0.3) is 0 Å². The zero-order valence-corrected chi connectivity index (χ0v) is 13.0. The van der Waals surface area contributed by atoms with E-state index in [1.54, 1.807) is 0 Å². The Kier molecular flexibility index (Phi) is 5.79. The molecule has 2 aromatic carbocycles. The van der Waals surface area contributed by atoms with Gasteiger partial charge in [0.15, 0.2) is 19.0 Å². The average Bonchev–Trinajstić information content (AvgIpc) is 2.57. The lowest BCUT2D eigenvalue weighted by Gasteiger charge is -2.10. The summed E-state index contributed by atoms with van der Waals surface area (Å²) in [6.45, 7) is -2.89. The number of hydrogen-bond acceptors (Lipinski definition) is 3. The van der Waals surface area contributed by atoms with E-state index in [0.29, 0.717) is 0 Å². The van der Waals surface area contributed by atoms with E-state index in [4.69, 9.17) is 0 Å². The van der Waals surface area contributed by atoms with Crippen molar-refractivity contribution in [3.63, 3.8) is 0 Å². The number of benzene rings is 2. The summed E-state index contributed by atoms with van der Waals surface area (Å²) in [7, 11) is 0. The molecule has 0 saturated heterocycles. The summed E-state index contributed by atoms with van der Waals surface area (Å²) in [4.78, 5) is 12.3. The Morgan fingerprint density at radius 3 is 1.23 bits per heavy atom. The molecule has 0 unspecified atom stereocenters. The molecular weight excluding hydrogens is 366 g/mol. The van der Waals surface area contributed by atoms with Gasteiger partial charge in [0.05, 0.1) is 0 Å². The molecule has 0 aliphatic rings. The van der Waals surface area contributed by atoms with Gasteiger partial charge in [-0.3, -0.25) is 4.79 Å². The molecule has 9 heteroatoms. The van der Waals surface area contributed by atoms with Crippen LogP contribution in [0.3, 0.4) is 0 Å². The summed E-state index contributed by atoms with van der Waals surface area (Å²) in [5.41, 5.74) is 0.377. The van der Waals surface area contributed by atoms with Crippen molar-refractivity contribution >= 4 is 5.78 Å². The zero-order chi connectivity index (χ0) is 19.4. The maximum atomic E-state index is 12.3. The average molecular weight is 378 g/mol. The van der Waals surface area contributed by atoms with Gasteiger partial charge in [0, 0.05) is 11.1 Å². The molecule has 140 valence electrons. The van der Waals surface area contributed by atoms with Crippen LogP contribution in [0.2, 0.25) is 0 Å². The largest absolute Gasteiger partial charge is 0.484 e. The smallest absolute Gasteiger partial charge is 0.422 e. The van der Waals surface area contributed by atoms with Gasteiger partial charge >= 0.3 is 12.4 Å². The Labute approximate surface area is 144 Å². The van der Waals surface area contributed by atoms with E-state index in [1.165, 1.54) is 48.5 Å². The van der Waals surface area contributed by atoms with E-state index in [2.05, 4.69) is 9.47 Å². The number of carbonyl (C=O) groups excluding carboxylic acids is 1. The summed E-state index contributed by atoms with van der Waals surface area (Å²) in [5.74, 6) is -0.542. The molecule has 0 radical (unpaired) electrons. The molecule has 26 heavy (non-hydrogen) atoms. The minimum absolute atomic E-state index is 0.0465. The first-order valence-electron chi connectivity index (χ1n) is 7.17. The normalized spacial score (nSPS) is 11.9. The highest BCUT2D eigenvalue weighted by molar-refractivity contribution is 6.09. The predicted octanol–water partition coefficient (Wildman–Crippen LogP) is 4.80. The van der Waals surface area contributed by atoms with Gasteiger partial charge in [0.1, 0.15) is 11.5 Å². The van der Waals surface area contributed by atoms with Crippen LogP contribution in [0, 0.1) is 0 Å². The van der Waals surface area contributed by atoms with Crippen molar-refractivity contribution in [3.05, 3.63) is 59.7 Å². The molecule has 2 rings (SSSR count). The standard InChI is InChI=1S/C17H12F6O3/c18-16(19,20)9-25-13-5-1-11(2-6-13)15(24)12-3-7-14(8-4-12)26-10-17(21,22)23/h1-8H,9-10H2. The lowest BCUT2D eigenvalue weighted by molar-refractivity contribution is -0.154. The van der Waals surface area contributed by atoms with Crippen molar-refractivity contribution in [3.8, 4) is 11.5 Å². The maximum absolute atomic E-state index is 12.3. The van der Waals surface area contributed by atoms with Gasteiger partial charge < -0.3 is 9.47 Å². The van der Waals surface area contributed by atoms with Crippen LogP contribution in [0.5, 0.6) is 11.5 Å². The fraction of sp³-hybridized carbons (Fsp3) is 0.235. The van der Waals surface area contributed by atoms with E-state index in [-0.39, 0.29) is 22.6 Å². The molecule has 0 spiro atoms. The van der Waals surface area contributed by atoms with Crippen LogP contribution < -0.4 is 9.47 Å². The van der Waals surface area contributed by atoms with E-state index < -0.39 is 31.3 Å². The molecule has 0 aromatic heterocycles. The summed E-state index contributed by atoms with van der Waals surface area (Å²) < 4.78 is 81.5. The van der Waals surface area contributed by atoms with Crippen molar-refractivity contribution in [1.82, 2.24) is 0 Å². The van der Waals surface area contributed by atoms with Gasteiger partial charge in [-0.25, -0.2) is 0 Å². The highest BCUT2D eigenvalue weighted by Gasteiger charge is 2.29. The van der Waals surface area contributed by atoms with Crippen LogP contribution in [0.4, 0.5) is 26.3 Å². The van der Waals surface area contributed by atoms with Crippen LogP contribution in [-0.4, -0.2) is 31.3 Å². The van der Waals surface area contributed by atoms with Gasteiger partial charge in [-0.1, -0.05) is 0 Å². The number of hydrogen-bond donors (Lipinski definition) is 0. The molecule has 2 aromatic rings. The zero-order valence-electron chi connectivity index (χ0n) is 13.0. The van der Waals surface area contributed by atoms with Crippen molar-refractivity contribution in [2.45, 2.75) is 12.4 Å². The minimum Gasteiger partial charge on any atom is -0.484 e. The number of halogens is 6. The summed E-state index contributed by atoms with van der Waals surface area (Å²) in [5, 5.41) is 0. The minimum atomic E-state index is -4.47. The first-order valence-corrected chi connectivity index (χ1v) is 7.17. The van der Waals surface area contributed by atoms with Gasteiger partial charge in [-0.05, 0) is 48.5 Å². The second-order valence-electron chi connectivity index (χ2n) is 5.19. The topological polar surface area (TPSA) is 35.5 Å². The first-order chi connectivity index (χ1) is 12.0. The van der Waals surface area contributed by atoms with Gasteiger partial charge in [0.25, 0.3) is 0 Å². The molecule has 0 aliphatic carbocycles. The molecular formula is C17H12F6O3. The fourth-order valence-corrected chi connectivity index (χ4v) is 1.90. The van der Waals surface area contributed by atoms with E-state index in [0.717, 1.165) is 0 Å². The number of alkyl halides is 6. The van der Waals surface area contributed by atoms with Gasteiger partial charge in [-0.2, -0.15) is 26.3 Å². The van der Waals surface area contributed by atoms with Crippen molar-refractivity contribution in [2.24, 2.45) is 0 Å². The lowest BCUT2D eigenvalue weighted by atomic mass is 10.0. The number of carbonyl (C=O) groups is 1. The molecule has 0 saturated carbocycles. The molecule has 3 nitrogen and oxygen atoms in total. The Morgan fingerprint density at radius 1 is 0.654 bits per heavy atom. The SMILES string of the molecule is O=C(c1ccc(OCC(F)(F)F)cc1)c1ccc(OCC(F)(F)F)cc1. The predicted molar refractivity (Wildman–Crippen MR) is 79.4 cm³/mol. The molecule has 0 heterocycles. The fourth-order valence-electron chi connectivity index (χ4n) is 1.90. The van der Waals surface area contributed by atoms with Crippen LogP contribution in [-0.2, 0) is 0 Å². The Morgan fingerprint density at radius 2 is 0.962 bits per heavy atom. The summed E-state index contributed by atoms with van der Waals surface area (Å²) >= 11 is 0. The number of ketones is 1. The van der Waals surface area contributed by atoms with Crippen LogP contribution in [0.1, 0.15) is 15.9 Å². The van der Waals surface area contributed by atoms with Crippen LogP contribution >= 0.6 is 0 Å². The highest BCUT2D eigenvalue weighted by atomic mass is 19.4. The van der Waals surface area contributed by atoms with E-state index in [9.17, 15) is 31.1 Å². The molecule has 0 fully saturated rings. The first kappa shape index (κ1) is 19.6. The second-order valence-corrected chi connectivity index (χ2v) is 5.19. The monoisotopic (exact) mass is 378 g/mol. The Balaban J connectivity index is 2.00.